The Balaban J connectivity index is 1.79. The van der Waals surface area contributed by atoms with E-state index < -0.39 is 0 Å². The lowest BCUT2D eigenvalue weighted by Crippen LogP contribution is -2.31. The van der Waals surface area contributed by atoms with E-state index in [4.69, 9.17) is 5.26 Å². The van der Waals surface area contributed by atoms with E-state index in [1.807, 2.05) is 23.9 Å². The molecule has 15 heavy (non-hydrogen) atoms. The maximum absolute atomic E-state index is 8.71. The van der Waals surface area contributed by atoms with E-state index in [2.05, 4.69) is 11.4 Å². The van der Waals surface area contributed by atoms with Crippen LogP contribution in [0.5, 0.6) is 0 Å². The van der Waals surface area contributed by atoms with Crippen LogP contribution in [0.2, 0.25) is 0 Å². The number of nitrogens with zero attached hydrogens (tertiary/aromatic N) is 1. The van der Waals surface area contributed by atoms with Crippen molar-refractivity contribution < 1.29 is 0 Å². The Morgan fingerprint density at radius 1 is 1.40 bits per heavy atom. The van der Waals surface area contributed by atoms with Crippen LogP contribution in [0.1, 0.15) is 22.6 Å². The second-order valence-corrected chi connectivity index (χ2v) is 6.04. The Kier molecular flexibility index (Phi) is 4.07. The zero-order valence-electron chi connectivity index (χ0n) is 8.53. The monoisotopic (exact) mass is 238 g/mol. The Morgan fingerprint density at radius 3 is 2.87 bits per heavy atom. The van der Waals surface area contributed by atoms with Crippen molar-refractivity contribution >= 4 is 23.1 Å². The van der Waals surface area contributed by atoms with Gasteiger partial charge in [-0.05, 0) is 36.5 Å². The molecular weight excluding hydrogens is 224 g/mol. The Morgan fingerprint density at radius 2 is 2.20 bits per heavy atom. The lowest BCUT2D eigenvalue weighted by atomic mass is 10.1. The van der Waals surface area contributed by atoms with Gasteiger partial charge in [0.25, 0.3) is 0 Å². The molecule has 1 aliphatic heterocycles. The van der Waals surface area contributed by atoms with Crippen LogP contribution in [0, 0.1) is 11.3 Å². The number of nitrogens with one attached hydrogen (secondary N) is 1. The van der Waals surface area contributed by atoms with Gasteiger partial charge in [0.2, 0.25) is 0 Å². The maximum atomic E-state index is 8.71. The highest BCUT2D eigenvalue weighted by atomic mass is 32.2. The molecule has 2 rings (SSSR count). The summed E-state index contributed by atoms with van der Waals surface area (Å²) in [6.07, 6.45) is 2.56. The summed E-state index contributed by atoms with van der Waals surface area (Å²) >= 11 is 3.64. The van der Waals surface area contributed by atoms with E-state index in [0.29, 0.717) is 6.04 Å². The van der Waals surface area contributed by atoms with Gasteiger partial charge in [0, 0.05) is 17.5 Å². The highest BCUT2D eigenvalue weighted by molar-refractivity contribution is 7.99. The molecule has 2 heterocycles. The number of hydrogen-bond acceptors (Lipinski definition) is 4. The van der Waals surface area contributed by atoms with Crippen LogP contribution in [0.15, 0.2) is 12.1 Å². The van der Waals surface area contributed by atoms with Gasteiger partial charge in [0.1, 0.15) is 10.9 Å². The van der Waals surface area contributed by atoms with Crippen LogP contribution in [0.3, 0.4) is 0 Å². The van der Waals surface area contributed by atoms with Crippen LogP contribution < -0.4 is 5.32 Å². The highest BCUT2D eigenvalue weighted by Crippen LogP contribution is 2.19. The van der Waals surface area contributed by atoms with Crippen LogP contribution >= 0.6 is 23.1 Å². The minimum absolute atomic E-state index is 0.680. The second-order valence-electron chi connectivity index (χ2n) is 3.65. The summed E-state index contributed by atoms with van der Waals surface area (Å²) in [4.78, 5) is 2.08. The van der Waals surface area contributed by atoms with Crippen LogP contribution in [-0.4, -0.2) is 17.5 Å². The van der Waals surface area contributed by atoms with Crippen molar-refractivity contribution in [2.75, 3.05) is 11.5 Å². The van der Waals surface area contributed by atoms with Crippen LogP contribution in [-0.2, 0) is 6.54 Å². The lowest BCUT2D eigenvalue weighted by Gasteiger charge is -2.22. The molecule has 1 saturated heterocycles. The molecule has 0 saturated carbocycles. The van der Waals surface area contributed by atoms with E-state index in [1.54, 1.807) is 11.3 Å². The molecule has 0 amide bonds. The fraction of sp³-hybridized carbons (Fsp3) is 0.545. The molecular formula is C11H14N2S2. The molecule has 0 spiro atoms. The first-order valence-corrected chi connectivity index (χ1v) is 7.15. The molecule has 0 bridgehead atoms. The number of rotatable bonds is 3. The van der Waals surface area contributed by atoms with Gasteiger partial charge in [0.05, 0.1) is 0 Å². The molecule has 0 radical (unpaired) electrons. The molecule has 0 aromatic carbocycles. The molecule has 1 aliphatic rings. The zero-order valence-corrected chi connectivity index (χ0v) is 10.2. The van der Waals surface area contributed by atoms with Gasteiger partial charge in [-0.15, -0.1) is 11.3 Å². The molecule has 1 aromatic heterocycles. The summed E-state index contributed by atoms with van der Waals surface area (Å²) in [6.45, 7) is 0.918. The molecule has 1 fully saturated rings. The smallest absolute Gasteiger partial charge is 0.110 e. The summed E-state index contributed by atoms with van der Waals surface area (Å²) in [5.41, 5.74) is 0. The minimum Gasteiger partial charge on any atom is -0.309 e. The van der Waals surface area contributed by atoms with E-state index in [-0.39, 0.29) is 0 Å². The molecule has 4 heteroatoms. The average Bonchev–Trinajstić information content (AvgIpc) is 2.76. The average molecular weight is 238 g/mol. The van der Waals surface area contributed by atoms with Crippen molar-refractivity contribution in [3.05, 3.63) is 21.9 Å². The first-order chi connectivity index (χ1) is 7.38. The summed E-state index contributed by atoms with van der Waals surface area (Å²) in [5.74, 6) is 2.57. The fourth-order valence-corrected chi connectivity index (χ4v) is 3.54. The third kappa shape index (κ3) is 3.23. The third-order valence-corrected chi connectivity index (χ3v) is 4.60. The topological polar surface area (TPSA) is 35.8 Å². The van der Waals surface area contributed by atoms with Gasteiger partial charge >= 0.3 is 0 Å². The van der Waals surface area contributed by atoms with Gasteiger partial charge in [-0.3, -0.25) is 0 Å². The lowest BCUT2D eigenvalue weighted by molar-refractivity contribution is 0.484. The molecule has 0 unspecified atom stereocenters. The van der Waals surface area contributed by atoms with Gasteiger partial charge in [-0.1, -0.05) is 0 Å². The van der Waals surface area contributed by atoms with E-state index >= 15 is 0 Å². The zero-order chi connectivity index (χ0) is 10.5. The number of hydrogen-bond donors (Lipinski definition) is 1. The van der Waals surface area contributed by atoms with Gasteiger partial charge < -0.3 is 5.32 Å². The SMILES string of the molecule is N#Cc1ccc(CNC2CCSCC2)s1. The Hall–Kier alpha value is -0.500. The second kappa shape index (κ2) is 5.55. The number of thioether (sulfide) groups is 1. The molecule has 0 aliphatic carbocycles. The van der Waals surface area contributed by atoms with Gasteiger partial charge in [-0.2, -0.15) is 17.0 Å². The van der Waals surface area contributed by atoms with E-state index in [9.17, 15) is 0 Å². The molecule has 2 nitrogen and oxygen atoms in total. The standard InChI is InChI=1S/C11H14N2S2/c12-7-10-1-2-11(15-10)8-13-9-3-5-14-6-4-9/h1-2,9,13H,3-6,8H2. The third-order valence-electron chi connectivity index (χ3n) is 2.56. The van der Waals surface area contributed by atoms with Crippen LogP contribution in [0.4, 0.5) is 0 Å². The summed E-state index contributed by atoms with van der Waals surface area (Å²) in [6, 6.07) is 6.80. The fourth-order valence-electron chi connectivity index (χ4n) is 1.68. The summed E-state index contributed by atoms with van der Waals surface area (Å²) in [7, 11) is 0. The predicted octanol–water partition coefficient (Wildman–Crippen LogP) is 2.60. The highest BCUT2D eigenvalue weighted by Gasteiger charge is 2.12. The minimum atomic E-state index is 0.680. The first kappa shape index (κ1) is 11.0. The number of nitriles is 1. The van der Waals surface area contributed by atoms with Gasteiger partial charge in [0.15, 0.2) is 0 Å². The quantitative estimate of drug-likeness (QED) is 0.879. The molecule has 80 valence electrons. The summed E-state index contributed by atoms with van der Waals surface area (Å²) in [5, 5.41) is 12.3. The van der Waals surface area contributed by atoms with Crippen molar-refractivity contribution in [1.82, 2.24) is 5.32 Å². The van der Waals surface area contributed by atoms with Crippen molar-refractivity contribution in [3.63, 3.8) is 0 Å². The molecule has 1 N–H and O–H groups in total. The van der Waals surface area contributed by atoms with Crippen molar-refractivity contribution in [3.8, 4) is 6.07 Å². The summed E-state index contributed by atoms with van der Waals surface area (Å²) < 4.78 is 0. The first-order valence-electron chi connectivity index (χ1n) is 5.18. The molecule has 1 aromatic rings. The normalized spacial score (nSPS) is 17.5. The van der Waals surface area contributed by atoms with Crippen molar-refractivity contribution in [2.45, 2.75) is 25.4 Å². The van der Waals surface area contributed by atoms with E-state index in [1.165, 1.54) is 29.2 Å². The van der Waals surface area contributed by atoms with Crippen molar-refractivity contribution in [2.24, 2.45) is 0 Å². The van der Waals surface area contributed by atoms with Crippen LogP contribution in [0.25, 0.3) is 0 Å². The Bertz CT molecular complexity index is 348. The largest absolute Gasteiger partial charge is 0.309 e. The predicted molar refractivity (Wildman–Crippen MR) is 66.2 cm³/mol. The van der Waals surface area contributed by atoms with E-state index in [0.717, 1.165) is 11.4 Å². The molecule has 0 atom stereocenters. The number of thiophene rings is 1. The maximum Gasteiger partial charge on any atom is 0.110 e. The van der Waals surface area contributed by atoms with Crippen molar-refractivity contribution in [1.29, 1.82) is 5.26 Å². The Labute approximate surface area is 98.7 Å². The van der Waals surface area contributed by atoms with Gasteiger partial charge in [-0.25, -0.2) is 0 Å².